The van der Waals surface area contributed by atoms with Crippen LogP contribution in [0.15, 0.2) is 47.3 Å². The van der Waals surface area contributed by atoms with Crippen LogP contribution >= 0.6 is 0 Å². The van der Waals surface area contributed by atoms with Gasteiger partial charge in [-0.25, -0.2) is 23.0 Å². The maximum atomic E-state index is 14.5. The van der Waals surface area contributed by atoms with Crippen molar-refractivity contribution < 1.29 is 17.4 Å². The number of fused-ring (bicyclic) bond motifs is 5. The fourth-order valence-corrected chi connectivity index (χ4v) is 6.90. The van der Waals surface area contributed by atoms with Crippen LogP contribution in [0.5, 0.6) is 0 Å². The summed E-state index contributed by atoms with van der Waals surface area (Å²) in [5.74, 6) is -1.05. The highest BCUT2D eigenvalue weighted by atomic mass is 32.2. The second kappa shape index (κ2) is 7.95. The lowest BCUT2D eigenvalue weighted by atomic mass is 9.66. The van der Waals surface area contributed by atoms with Gasteiger partial charge in [-0.1, -0.05) is 19.9 Å². The van der Waals surface area contributed by atoms with Crippen molar-refractivity contribution in [2.75, 3.05) is 6.26 Å². The molecular weight excluding hydrogens is 498 g/mol. The minimum Gasteiger partial charge on any atom is -0.443 e. The van der Waals surface area contributed by atoms with Crippen molar-refractivity contribution >= 4 is 9.73 Å². The van der Waals surface area contributed by atoms with Crippen LogP contribution in [0.2, 0.25) is 0 Å². The van der Waals surface area contributed by atoms with Gasteiger partial charge in [0.15, 0.2) is 0 Å². The Hall–Kier alpha value is -3.60. The summed E-state index contributed by atoms with van der Waals surface area (Å²) in [5, 5.41) is 8.81. The van der Waals surface area contributed by atoms with E-state index >= 15 is 0 Å². The summed E-state index contributed by atoms with van der Waals surface area (Å²) in [6.45, 7) is 4.30. The summed E-state index contributed by atoms with van der Waals surface area (Å²) in [6, 6.07) is 5.51. The third-order valence-electron chi connectivity index (χ3n) is 7.87. The minimum absolute atomic E-state index is 0.0177. The Morgan fingerprint density at radius 3 is 2.62 bits per heavy atom. The number of nitrogens with zero attached hydrogens (tertiary/aromatic N) is 5. The van der Waals surface area contributed by atoms with Crippen LogP contribution in [0.25, 0.3) is 22.8 Å². The molecule has 1 fully saturated rings. The van der Waals surface area contributed by atoms with Gasteiger partial charge >= 0.3 is 0 Å². The van der Waals surface area contributed by atoms with Gasteiger partial charge in [0, 0.05) is 22.2 Å². The van der Waals surface area contributed by atoms with Crippen molar-refractivity contribution in [3.8, 4) is 22.8 Å². The summed E-state index contributed by atoms with van der Waals surface area (Å²) in [7, 11) is -2.77. The highest BCUT2D eigenvalue weighted by Crippen LogP contribution is 2.69. The first-order valence-electron chi connectivity index (χ1n) is 11.8. The molecule has 0 saturated heterocycles. The average Bonchev–Trinajstić information content (AvgIpc) is 3.45. The van der Waals surface area contributed by atoms with Gasteiger partial charge < -0.3 is 4.42 Å². The van der Waals surface area contributed by atoms with E-state index in [-0.39, 0.29) is 34.2 Å². The predicted octanol–water partition coefficient (Wildman–Crippen LogP) is 5.25. The molecule has 0 radical (unpaired) electrons. The number of benzene rings is 1. The average molecular weight is 523 g/mol. The number of aromatic nitrogens is 5. The molecule has 2 bridgehead atoms. The molecule has 190 valence electrons. The summed E-state index contributed by atoms with van der Waals surface area (Å²) in [4.78, 5) is 13.7. The van der Waals surface area contributed by atoms with Crippen molar-refractivity contribution in [3.05, 3.63) is 77.2 Å². The van der Waals surface area contributed by atoms with E-state index in [1.54, 1.807) is 18.5 Å². The first kappa shape index (κ1) is 23.8. The van der Waals surface area contributed by atoms with Crippen LogP contribution in [-0.2, 0) is 20.9 Å². The van der Waals surface area contributed by atoms with Crippen LogP contribution in [0.3, 0.4) is 0 Å². The van der Waals surface area contributed by atoms with Crippen molar-refractivity contribution in [2.24, 2.45) is 5.41 Å². The summed E-state index contributed by atoms with van der Waals surface area (Å²) >= 11 is 0. The molecule has 2 aliphatic rings. The molecule has 0 spiro atoms. The number of hydrogen-bond donors (Lipinski definition) is 1. The van der Waals surface area contributed by atoms with Crippen LogP contribution in [0.1, 0.15) is 55.3 Å². The third kappa shape index (κ3) is 3.51. The molecule has 3 atom stereocenters. The Morgan fingerprint density at radius 2 is 1.89 bits per heavy atom. The normalized spacial score (nSPS) is 23.1. The molecule has 8 nitrogen and oxygen atoms in total. The van der Waals surface area contributed by atoms with Crippen LogP contribution in [0.4, 0.5) is 8.78 Å². The highest BCUT2D eigenvalue weighted by molar-refractivity contribution is 7.90. The first-order valence-corrected chi connectivity index (χ1v) is 14.0. The van der Waals surface area contributed by atoms with E-state index in [0.717, 1.165) is 24.1 Å². The lowest BCUT2D eigenvalue weighted by molar-refractivity contribution is 0.242. The monoisotopic (exact) mass is 522 g/mol. The molecule has 0 amide bonds. The Labute approximate surface area is 212 Å². The standard InChI is InChI=1S/C26H24F2N6O2S/c1-25(2)16-7-8-26(25,23-15(16)9-19(33-34-23)22-17(27)5-4-6-18(22)28)21-11-30-10-20(32-21)24-31-14(12-36-24)13-37(3,29)35/h4-6,9-12,16,29H,7-8,13H2,1-3H3/t16-,26-,37+/m0/s1. The quantitative estimate of drug-likeness (QED) is 0.380. The maximum Gasteiger partial charge on any atom is 0.246 e. The highest BCUT2D eigenvalue weighted by Gasteiger charge is 2.65. The number of oxazole rings is 1. The van der Waals surface area contributed by atoms with Gasteiger partial charge in [-0.05, 0) is 47.9 Å². The molecular formula is C26H24F2N6O2S. The Kier molecular flexibility index (Phi) is 5.11. The van der Waals surface area contributed by atoms with E-state index in [2.05, 4.69) is 34.0 Å². The van der Waals surface area contributed by atoms with Gasteiger partial charge in [0.05, 0.1) is 45.7 Å². The Bertz CT molecular complexity index is 1650. The van der Waals surface area contributed by atoms with Crippen molar-refractivity contribution in [2.45, 2.75) is 43.8 Å². The van der Waals surface area contributed by atoms with Crippen LogP contribution < -0.4 is 0 Å². The summed E-state index contributed by atoms with van der Waals surface area (Å²) in [6.07, 6.45) is 7.62. The molecule has 1 aromatic carbocycles. The van der Waals surface area contributed by atoms with Gasteiger partial charge in [0.25, 0.3) is 0 Å². The molecule has 6 rings (SSSR count). The Morgan fingerprint density at radius 1 is 1.14 bits per heavy atom. The van der Waals surface area contributed by atoms with E-state index in [1.165, 1.54) is 30.7 Å². The number of hydrogen-bond acceptors (Lipinski definition) is 8. The van der Waals surface area contributed by atoms with Crippen molar-refractivity contribution in [1.29, 1.82) is 4.78 Å². The largest absolute Gasteiger partial charge is 0.443 e. The van der Waals surface area contributed by atoms with E-state index in [4.69, 9.17) is 14.2 Å². The fourth-order valence-electron chi connectivity index (χ4n) is 6.20. The lowest BCUT2D eigenvalue weighted by Crippen LogP contribution is -2.38. The number of rotatable bonds is 5. The lowest BCUT2D eigenvalue weighted by Gasteiger charge is -2.37. The van der Waals surface area contributed by atoms with E-state index in [1.807, 2.05) is 0 Å². The zero-order valence-corrected chi connectivity index (χ0v) is 21.3. The smallest absolute Gasteiger partial charge is 0.246 e. The molecule has 1 saturated carbocycles. The van der Waals surface area contributed by atoms with Gasteiger partial charge in [-0.15, -0.1) is 5.10 Å². The first-order chi connectivity index (χ1) is 17.5. The summed E-state index contributed by atoms with van der Waals surface area (Å²) in [5.41, 5.74) is 2.24. The third-order valence-corrected chi connectivity index (χ3v) is 8.71. The molecule has 0 aliphatic heterocycles. The van der Waals surface area contributed by atoms with Crippen LogP contribution in [-0.4, -0.2) is 35.6 Å². The zero-order valence-electron chi connectivity index (χ0n) is 20.5. The molecule has 2 aliphatic carbocycles. The molecule has 11 heteroatoms. The van der Waals surface area contributed by atoms with Crippen molar-refractivity contribution in [1.82, 2.24) is 25.1 Å². The van der Waals surface area contributed by atoms with E-state index in [9.17, 15) is 13.0 Å². The molecule has 0 unspecified atom stereocenters. The van der Waals surface area contributed by atoms with Gasteiger partial charge in [0.1, 0.15) is 23.6 Å². The van der Waals surface area contributed by atoms with E-state index < -0.39 is 26.8 Å². The number of nitrogens with one attached hydrogen (secondary N) is 1. The van der Waals surface area contributed by atoms with Crippen molar-refractivity contribution in [3.63, 3.8) is 0 Å². The second-order valence-electron chi connectivity index (χ2n) is 10.4. The topological polar surface area (TPSA) is 119 Å². The van der Waals surface area contributed by atoms with Gasteiger partial charge in [0.2, 0.25) is 5.89 Å². The predicted molar refractivity (Wildman–Crippen MR) is 132 cm³/mol. The minimum atomic E-state index is -2.77. The van der Waals surface area contributed by atoms with Gasteiger partial charge in [-0.2, -0.15) is 5.10 Å². The zero-order chi connectivity index (χ0) is 26.2. The molecule has 4 aromatic rings. The Balaban J connectivity index is 1.45. The second-order valence-corrected chi connectivity index (χ2v) is 12.7. The molecule has 3 heterocycles. The maximum absolute atomic E-state index is 14.5. The van der Waals surface area contributed by atoms with E-state index in [0.29, 0.717) is 17.1 Å². The molecule has 1 N–H and O–H groups in total. The molecule has 37 heavy (non-hydrogen) atoms. The fraction of sp³-hybridized carbons (Fsp3) is 0.346. The van der Waals surface area contributed by atoms with Crippen LogP contribution in [0, 0.1) is 21.8 Å². The SMILES string of the molecule is CC1(C)[C@H]2CC[C@]1(c1cncc(-c3nc(C[S@](C)(=N)=O)co3)n1)c1nnc(-c3c(F)cccc3F)cc12. The number of halogens is 2. The molecule has 3 aromatic heterocycles. The summed E-state index contributed by atoms with van der Waals surface area (Å²) < 4.78 is 54.1. The van der Waals surface area contributed by atoms with Gasteiger partial charge in [-0.3, -0.25) is 9.76 Å².